The number of ether oxygens (including phenoxy) is 2. The molecule has 1 saturated carbocycles. The highest BCUT2D eigenvalue weighted by molar-refractivity contribution is 5.89. The van der Waals surface area contributed by atoms with Crippen molar-refractivity contribution in [2.75, 3.05) is 39.2 Å². The monoisotopic (exact) mass is 475 g/mol. The van der Waals surface area contributed by atoms with E-state index in [2.05, 4.69) is 21.6 Å². The van der Waals surface area contributed by atoms with Crippen molar-refractivity contribution >= 4 is 11.7 Å². The van der Waals surface area contributed by atoms with Gasteiger partial charge < -0.3 is 25.2 Å². The Balaban J connectivity index is 1.51. The van der Waals surface area contributed by atoms with Crippen LogP contribution in [0.25, 0.3) is 0 Å². The van der Waals surface area contributed by atoms with Crippen LogP contribution in [0.4, 0.5) is 19.3 Å². The molecule has 2 aromatic rings. The number of nitrogens with zero attached hydrogens (tertiary/aromatic N) is 1. The van der Waals surface area contributed by atoms with Crippen molar-refractivity contribution in [1.29, 1.82) is 0 Å². The first kappa shape index (κ1) is 24.2. The molecule has 2 fully saturated rings. The molecule has 1 saturated heterocycles. The first-order chi connectivity index (χ1) is 16.4. The van der Waals surface area contributed by atoms with Crippen LogP contribution in [-0.4, -0.2) is 62.0 Å². The number of hydrogen-bond donors (Lipinski definition) is 3. The van der Waals surface area contributed by atoms with E-state index in [1.807, 2.05) is 12.1 Å². The van der Waals surface area contributed by atoms with E-state index in [9.17, 15) is 18.7 Å². The quantitative estimate of drug-likeness (QED) is 0.569. The molecule has 3 N–H and O–H groups in total. The number of carbonyl (C=O) groups excluding carboxylic acids is 1. The van der Waals surface area contributed by atoms with Gasteiger partial charge in [-0.05, 0) is 62.1 Å². The Morgan fingerprint density at radius 1 is 1.12 bits per heavy atom. The highest BCUT2D eigenvalue weighted by Gasteiger charge is 2.51. The Kier molecular flexibility index (Phi) is 7.23. The van der Waals surface area contributed by atoms with E-state index < -0.39 is 17.7 Å². The molecule has 34 heavy (non-hydrogen) atoms. The van der Waals surface area contributed by atoms with Crippen molar-refractivity contribution in [3.8, 4) is 11.5 Å². The van der Waals surface area contributed by atoms with Crippen molar-refractivity contribution in [3.63, 3.8) is 0 Å². The van der Waals surface area contributed by atoms with Gasteiger partial charge in [-0.1, -0.05) is 6.07 Å². The molecule has 9 heteroatoms. The molecule has 0 unspecified atom stereocenters. The van der Waals surface area contributed by atoms with Crippen molar-refractivity contribution in [2.45, 2.75) is 43.2 Å². The van der Waals surface area contributed by atoms with Gasteiger partial charge in [-0.25, -0.2) is 13.6 Å². The number of aliphatic hydroxyl groups is 1. The maximum Gasteiger partial charge on any atom is 0.319 e. The van der Waals surface area contributed by atoms with Crippen LogP contribution in [0.2, 0.25) is 0 Å². The van der Waals surface area contributed by atoms with Gasteiger partial charge in [-0.15, -0.1) is 0 Å². The third-order valence-corrected chi connectivity index (χ3v) is 7.23. The summed E-state index contributed by atoms with van der Waals surface area (Å²) in [7, 11) is 3.23. The normalized spacial score (nSPS) is 24.4. The number of benzene rings is 2. The number of halogens is 2. The molecule has 184 valence electrons. The van der Waals surface area contributed by atoms with Crippen molar-refractivity contribution in [3.05, 3.63) is 53.6 Å². The summed E-state index contributed by atoms with van der Waals surface area (Å²) in [6, 6.07) is 8.88. The Labute approximate surface area is 198 Å². The van der Waals surface area contributed by atoms with Gasteiger partial charge in [0.15, 0.2) is 23.1 Å². The Morgan fingerprint density at radius 2 is 1.91 bits per heavy atom. The van der Waals surface area contributed by atoms with Crippen molar-refractivity contribution in [2.24, 2.45) is 0 Å². The summed E-state index contributed by atoms with van der Waals surface area (Å²) >= 11 is 0. The molecular weight excluding hydrogens is 444 g/mol. The van der Waals surface area contributed by atoms with E-state index in [4.69, 9.17) is 9.47 Å². The molecule has 4 rings (SSSR count). The SMILES string of the molecule is COc1ccc([C@@]23CC[C@@H](NC(=O)Nc4ccc(F)c(F)c4)C[C@@H]2N(CCO)CC3)cc1OC. The summed E-state index contributed by atoms with van der Waals surface area (Å²) in [6.45, 7) is 1.48. The first-order valence-electron chi connectivity index (χ1n) is 11.5. The fraction of sp³-hybridized carbons (Fsp3) is 0.480. The lowest BCUT2D eigenvalue weighted by molar-refractivity contribution is 0.116. The average molecular weight is 476 g/mol. The van der Waals surface area contributed by atoms with Gasteiger partial charge in [0.25, 0.3) is 0 Å². The average Bonchev–Trinajstić information content (AvgIpc) is 3.20. The minimum absolute atomic E-state index is 0.0627. The topological polar surface area (TPSA) is 83.1 Å². The Hall–Kier alpha value is -2.91. The summed E-state index contributed by atoms with van der Waals surface area (Å²) < 4.78 is 37.6. The van der Waals surface area contributed by atoms with Gasteiger partial charge in [-0.2, -0.15) is 0 Å². The molecule has 3 atom stereocenters. The van der Waals surface area contributed by atoms with Crippen LogP contribution in [-0.2, 0) is 5.41 Å². The number of methoxy groups -OCH3 is 2. The highest BCUT2D eigenvalue weighted by Crippen LogP contribution is 2.50. The number of anilines is 1. The molecular formula is C25H31F2N3O4. The van der Waals surface area contributed by atoms with Crippen LogP contribution < -0.4 is 20.1 Å². The summed E-state index contributed by atoms with van der Waals surface area (Å²) in [4.78, 5) is 14.8. The van der Waals surface area contributed by atoms with Gasteiger partial charge in [0, 0.05) is 35.8 Å². The highest BCUT2D eigenvalue weighted by atomic mass is 19.2. The van der Waals surface area contributed by atoms with Crippen LogP contribution in [0.1, 0.15) is 31.2 Å². The molecule has 2 aromatic carbocycles. The molecule has 0 radical (unpaired) electrons. The van der Waals surface area contributed by atoms with E-state index in [1.165, 1.54) is 11.6 Å². The molecule has 7 nitrogen and oxygen atoms in total. The van der Waals surface area contributed by atoms with Crippen LogP contribution in [0, 0.1) is 11.6 Å². The number of hydrogen-bond acceptors (Lipinski definition) is 5. The zero-order valence-electron chi connectivity index (χ0n) is 19.4. The van der Waals surface area contributed by atoms with Gasteiger partial charge in [0.1, 0.15) is 0 Å². The minimum Gasteiger partial charge on any atom is -0.493 e. The van der Waals surface area contributed by atoms with E-state index in [0.29, 0.717) is 24.5 Å². The summed E-state index contributed by atoms with van der Waals surface area (Å²) in [5.74, 6) is -0.621. The molecule has 2 amide bonds. The zero-order chi connectivity index (χ0) is 24.3. The van der Waals surface area contributed by atoms with E-state index in [1.54, 1.807) is 14.2 Å². The van der Waals surface area contributed by atoms with E-state index in [-0.39, 0.29) is 29.8 Å². The van der Waals surface area contributed by atoms with Crippen molar-refractivity contribution < 1.29 is 28.2 Å². The zero-order valence-corrected chi connectivity index (χ0v) is 19.4. The number of carbonyl (C=O) groups is 1. The number of likely N-dealkylation sites (tertiary alicyclic amines) is 1. The van der Waals surface area contributed by atoms with Gasteiger partial charge in [0.2, 0.25) is 0 Å². The third kappa shape index (κ3) is 4.67. The predicted molar refractivity (Wildman–Crippen MR) is 124 cm³/mol. The van der Waals surface area contributed by atoms with Gasteiger partial charge in [0.05, 0.1) is 20.8 Å². The second kappa shape index (κ2) is 10.1. The molecule has 2 aliphatic rings. The maximum absolute atomic E-state index is 13.5. The molecule has 0 bridgehead atoms. The lowest BCUT2D eigenvalue weighted by atomic mass is 9.65. The van der Waals surface area contributed by atoms with Gasteiger partial charge >= 0.3 is 6.03 Å². The number of urea groups is 1. The van der Waals surface area contributed by atoms with Crippen LogP contribution in [0.15, 0.2) is 36.4 Å². The minimum atomic E-state index is -1.01. The summed E-state index contributed by atoms with van der Waals surface area (Å²) in [5.41, 5.74) is 1.23. The van der Waals surface area contributed by atoms with Crippen LogP contribution >= 0.6 is 0 Å². The Bertz CT molecular complexity index is 1040. The van der Waals surface area contributed by atoms with Crippen molar-refractivity contribution in [1.82, 2.24) is 10.2 Å². The molecule has 1 heterocycles. The third-order valence-electron chi connectivity index (χ3n) is 7.23. The predicted octanol–water partition coefficient (Wildman–Crippen LogP) is 3.66. The van der Waals surface area contributed by atoms with Gasteiger partial charge in [-0.3, -0.25) is 4.90 Å². The van der Waals surface area contributed by atoms with E-state index in [0.717, 1.165) is 37.9 Å². The fourth-order valence-electron chi connectivity index (χ4n) is 5.58. The molecule has 1 aliphatic heterocycles. The second-order valence-electron chi connectivity index (χ2n) is 8.95. The first-order valence-corrected chi connectivity index (χ1v) is 11.5. The number of aliphatic hydroxyl groups excluding tert-OH is 1. The maximum atomic E-state index is 13.5. The number of β-amino-alcohol motifs (C(OH)–C–C–N with tert-alkyl or cyclic N) is 1. The molecule has 0 aromatic heterocycles. The number of fused-ring (bicyclic) bond motifs is 1. The Morgan fingerprint density at radius 3 is 2.62 bits per heavy atom. The standard InChI is InChI=1S/C25H31F2N3O4/c1-33-21-6-3-16(13-22(21)34-2)25-8-7-18(15-23(25)30(10-9-25)11-12-31)29-24(32)28-17-4-5-19(26)20(27)14-17/h3-6,13-14,18,23,31H,7-12,15H2,1-2H3,(H2,28,29,32)/t18-,23+,25+/m1/s1. The second-order valence-corrected chi connectivity index (χ2v) is 8.95. The largest absolute Gasteiger partial charge is 0.493 e. The van der Waals surface area contributed by atoms with E-state index >= 15 is 0 Å². The molecule has 1 aliphatic carbocycles. The lowest BCUT2D eigenvalue weighted by Gasteiger charge is -2.45. The van der Waals surface area contributed by atoms with Crippen LogP contribution in [0.5, 0.6) is 11.5 Å². The number of rotatable bonds is 7. The number of amides is 2. The molecule has 0 spiro atoms. The fourth-order valence-corrected chi connectivity index (χ4v) is 5.58. The summed E-state index contributed by atoms with van der Waals surface area (Å²) in [6.07, 6.45) is 3.27. The smallest absolute Gasteiger partial charge is 0.319 e. The summed E-state index contributed by atoms with van der Waals surface area (Å²) in [5, 5.41) is 15.2. The number of nitrogens with one attached hydrogen (secondary N) is 2. The lowest BCUT2D eigenvalue weighted by Crippen LogP contribution is -2.53. The van der Waals surface area contributed by atoms with Crippen LogP contribution in [0.3, 0.4) is 0 Å².